The fraction of sp³-hybridized carbons (Fsp3) is 0.310. The van der Waals surface area contributed by atoms with E-state index < -0.39 is 11.9 Å². The number of carbonyl (C=O) groups is 2. The second kappa shape index (κ2) is 13.3. The molecule has 2 amide bonds. The van der Waals surface area contributed by atoms with Gasteiger partial charge in [0, 0.05) is 19.5 Å². The smallest absolute Gasteiger partial charge is 0.261 e. The summed E-state index contributed by atoms with van der Waals surface area (Å²) in [7, 11) is 1.58. The molecule has 36 heavy (non-hydrogen) atoms. The fourth-order valence-corrected chi connectivity index (χ4v) is 3.70. The van der Waals surface area contributed by atoms with Crippen LogP contribution in [-0.2, 0) is 22.6 Å². The van der Waals surface area contributed by atoms with Crippen molar-refractivity contribution in [2.24, 2.45) is 5.92 Å². The zero-order chi connectivity index (χ0) is 25.9. The largest absolute Gasteiger partial charge is 0.497 e. The minimum Gasteiger partial charge on any atom is -0.497 e. The molecule has 3 aromatic rings. The third-order valence-electron chi connectivity index (χ3n) is 5.62. The lowest BCUT2D eigenvalue weighted by Gasteiger charge is -2.31. The average molecular weight is 493 g/mol. The standard InChI is InChI=1S/C29H33FN2O4/c1-21(2)18-31-29(34)27(17-22-8-5-4-6-9-22)32(19-23-10-7-11-26(16-23)35-3)28(33)20-36-25-14-12-24(30)13-15-25/h4-16,21,27H,17-20H2,1-3H3,(H,31,34). The molecule has 0 spiro atoms. The Kier molecular flexibility index (Phi) is 9.86. The van der Waals surface area contributed by atoms with E-state index in [-0.39, 0.29) is 30.9 Å². The summed E-state index contributed by atoms with van der Waals surface area (Å²) in [4.78, 5) is 28.5. The minimum absolute atomic E-state index is 0.190. The Morgan fingerprint density at radius 2 is 1.61 bits per heavy atom. The van der Waals surface area contributed by atoms with Crippen LogP contribution >= 0.6 is 0 Å². The number of hydrogen-bond acceptors (Lipinski definition) is 4. The first-order valence-electron chi connectivity index (χ1n) is 12.0. The molecule has 0 radical (unpaired) electrons. The molecule has 3 aromatic carbocycles. The van der Waals surface area contributed by atoms with E-state index in [1.165, 1.54) is 24.3 Å². The summed E-state index contributed by atoms with van der Waals surface area (Å²) in [6, 6.07) is 21.7. The average Bonchev–Trinajstić information content (AvgIpc) is 2.89. The van der Waals surface area contributed by atoms with Gasteiger partial charge in [0.05, 0.1) is 7.11 Å². The molecule has 190 valence electrons. The van der Waals surface area contributed by atoms with Crippen molar-refractivity contribution in [3.63, 3.8) is 0 Å². The van der Waals surface area contributed by atoms with Crippen LogP contribution in [0.3, 0.4) is 0 Å². The van der Waals surface area contributed by atoms with Crippen LogP contribution in [0.4, 0.5) is 4.39 Å². The first kappa shape index (κ1) is 26.7. The number of carbonyl (C=O) groups excluding carboxylic acids is 2. The van der Waals surface area contributed by atoms with Gasteiger partial charge in [-0.3, -0.25) is 9.59 Å². The summed E-state index contributed by atoms with van der Waals surface area (Å²) in [6.45, 7) is 4.43. The highest BCUT2D eigenvalue weighted by Gasteiger charge is 2.30. The quantitative estimate of drug-likeness (QED) is 0.401. The van der Waals surface area contributed by atoms with Gasteiger partial charge in [-0.05, 0) is 53.4 Å². The minimum atomic E-state index is -0.762. The van der Waals surface area contributed by atoms with Crippen LogP contribution in [0.25, 0.3) is 0 Å². The number of nitrogens with zero attached hydrogens (tertiary/aromatic N) is 1. The van der Waals surface area contributed by atoms with Gasteiger partial charge in [0.1, 0.15) is 23.4 Å². The van der Waals surface area contributed by atoms with Crippen molar-refractivity contribution in [3.8, 4) is 11.5 Å². The summed E-state index contributed by atoms with van der Waals surface area (Å²) in [5.74, 6) is 0.309. The molecule has 0 bridgehead atoms. The van der Waals surface area contributed by atoms with Gasteiger partial charge in [0.25, 0.3) is 5.91 Å². The first-order valence-corrected chi connectivity index (χ1v) is 12.0. The number of nitrogens with one attached hydrogen (secondary N) is 1. The number of ether oxygens (including phenoxy) is 2. The van der Waals surface area contributed by atoms with Gasteiger partial charge in [-0.2, -0.15) is 0 Å². The molecule has 0 saturated carbocycles. The molecular formula is C29H33FN2O4. The molecule has 1 atom stereocenters. The number of benzene rings is 3. The van der Waals surface area contributed by atoms with Crippen LogP contribution < -0.4 is 14.8 Å². The van der Waals surface area contributed by atoms with Crippen molar-refractivity contribution in [2.45, 2.75) is 32.9 Å². The summed E-state index contributed by atoms with van der Waals surface area (Å²) < 4.78 is 24.3. The highest BCUT2D eigenvalue weighted by atomic mass is 19.1. The highest BCUT2D eigenvalue weighted by Crippen LogP contribution is 2.19. The third kappa shape index (κ3) is 8.12. The normalized spacial score (nSPS) is 11.6. The van der Waals surface area contributed by atoms with E-state index in [1.807, 2.05) is 68.4 Å². The second-order valence-electron chi connectivity index (χ2n) is 8.96. The van der Waals surface area contributed by atoms with Gasteiger partial charge in [-0.15, -0.1) is 0 Å². The van der Waals surface area contributed by atoms with Crippen molar-refractivity contribution >= 4 is 11.8 Å². The Hall–Kier alpha value is -3.87. The molecule has 0 saturated heterocycles. The number of amides is 2. The maximum atomic E-state index is 13.5. The monoisotopic (exact) mass is 492 g/mol. The van der Waals surface area contributed by atoms with Gasteiger partial charge < -0.3 is 19.7 Å². The lowest BCUT2D eigenvalue weighted by Crippen LogP contribution is -2.52. The summed E-state index contributed by atoms with van der Waals surface area (Å²) in [6.07, 6.45) is 0.344. The molecule has 7 heteroatoms. The summed E-state index contributed by atoms with van der Waals surface area (Å²) in [5, 5.41) is 2.99. The Bertz CT molecular complexity index is 1120. The maximum absolute atomic E-state index is 13.5. The van der Waals surface area contributed by atoms with Gasteiger partial charge in [-0.25, -0.2) is 4.39 Å². The molecule has 0 aliphatic carbocycles. The Balaban J connectivity index is 1.90. The van der Waals surface area contributed by atoms with Gasteiger partial charge in [0.2, 0.25) is 5.91 Å². The van der Waals surface area contributed by atoms with Crippen molar-refractivity contribution in [3.05, 3.63) is 95.8 Å². The zero-order valence-corrected chi connectivity index (χ0v) is 20.9. The summed E-state index contributed by atoms with van der Waals surface area (Å²) in [5.41, 5.74) is 1.75. The zero-order valence-electron chi connectivity index (χ0n) is 20.9. The lowest BCUT2D eigenvalue weighted by molar-refractivity contribution is -0.142. The van der Waals surface area contributed by atoms with E-state index in [9.17, 15) is 14.0 Å². The lowest BCUT2D eigenvalue weighted by atomic mass is 10.0. The number of methoxy groups -OCH3 is 1. The van der Waals surface area contributed by atoms with Crippen LogP contribution in [0.1, 0.15) is 25.0 Å². The molecule has 0 aliphatic heterocycles. The molecule has 0 aliphatic rings. The summed E-state index contributed by atoms with van der Waals surface area (Å²) >= 11 is 0. The molecule has 6 nitrogen and oxygen atoms in total. The molecule has 1 unspecified atom stereocenters. The predicted octanol–water partition coefficient (Wildman–Crippen LogP) is 4.63. The van der Waals surface area contributed by atoms with E-state index in [2.05, 4.69) is 5.32 Å². The van der Waals surface area contributed by atoms with Crippen molar-refractivity contribution in [1.29, 1.82) is 0 Å². The Morgan fingerprint density at radius 1 is 0.917 bits per heavy atom. The van der Waals surface area contributed by atoms with E-state index in [4.69, 9.17) is 9.47 Å². The SMILES string of the molecule is COc1cccc(CN(C(=O)COc2ccc(F)cc2)C(Cc2ccccc2)C(=O)NCC(C)C)c1. The van der Waals surface area contributed by atoms with Gasteiger partial charge in [0.15, 0.2) is 6.61 Å². The number of rotatable bonds is 12. The van der Waals surface area contributed by atoms with Gasteiger partial charge in [-0.1, -0.05) is 56.3 Å². The van der Waals surface area contributed by atoms with Crippen molar-refractivity contribution < 1.29 is 23.5 Å². The van der Waals surface area contributed by atoms with Gasteiger partial charge >= 0.3 is 0 Å². The van der Waals surface area contributed by atoms with Crippen molar-refractivity contribution in [1.82, 2.24) is 10.2 Å². The number of halogens is 1. The van der Waals surface area contributed by atoms with Crippen LogP contribution in [-0.4, -0.2) is 43.0 Å². The molecule has 3 rings (SSSR count). The Morgan fingerprint density at radius 3 is 2.28 bits per heavy atom. The molecule has 0 aromatic heterocycles. The predicted molar refractivity (Wildman–Crippen MR) is 137 cm³/mol. The maximum Gasteiger partial charge on any atom is 0.261 e. The molecular weight excluding hydrogens is 459 g/mol. The first-order chi connectivity index (χ1) is 17.4. The third-order valence-corrected chi connectivity index (χ3v) is 5.62. The van der Waals surface area contributed by atoms with Crippen LogP contribution in [0, 0.1) is 11.7 Å². The van der Waals surface area contributed by atoms with Crippen LogP contribution in [0.5, 0.6) is 11.5 Å². The second-order valence-corrected chi connectivity index (χ2v) is 8.96. The van der Waals surface area contributed by atoms with Crippen LogP contribution in [0.2, 0.25) is 0 Å². The van der Waals surface area contributed by atoms with E-state index >= 15 is 0 Å². The molecule has 1 N–H and O–H groups in total. The Labute approximate surface area is 212 Å². The van der Waals surface area contributed by atoms with E-state index in [1.54, 1.807) is 12.0 Å². The fourth-order valence-electron chi connectivity index (χ4n) is 3.70. The van der Waals surface area contributed by atoms with E-state index in [0.717, 1.165) is 11.1 Å². The van der Waals surface area contributed by atoms with Crippen LogP contribution in [0.15, 0.2) is 78.9 Å². The molecule has 0 heterocycles. The number of hydrogen-bond donors (Lipinski definition) is 1. The topological polar surface area (TPSA) is 67.9 Å². The van der Waals surface area contributed by atoms with E-state index in [0.29, 0.717) is 24.5 Å². The molecule has 0 fully saturated rings. The van der Waals surface area contributed by atoms with Crippen molar-refractivity contribution in [2.75, 3.05) is 20.3 Å². The highest BCUT2D eigenvalue weighted by molar-refractivity contribution is 5.88.